The van der Waals surface area contributed by atoms with E-state index in [4.69, 9.17) is 4.74 Å². The van der Waals surface area contributed by atoms with Crippen molar-refractivity contribution < 1.29 is 13.9 Å². The number of hydrogen-bond donors (Lipinski definition) is 0. The molecule has 0 saturated carbocycles. The van der Waals surface area contributed by atoms with Crippen molar-refractivity contribution in [1.82, 2.24) is 4.90 Å². The van der Waals surface area contributed by atoms with Gasteiger partial charge in [-0.05, 0) is 49.0 Å². The zero-order chi connectivity index (χ0) is 15.2. The van der Waals surface area contributed by atoms with Gasteiger partial charge in [0, 0.05) is 12.1 Å². The van der Waals surface area contributed by atoms with E-state index < -0.39 is 0 Å². The third-order valence-electron chi connectivity index (χ3n) is 3.17. The molecule has 0 fully saturated rings. The first-order valence-corrected chi connectivity index (χ1v) is 6.68. The van der Waals surface area contributed by atoms with Crippen molar-refractivity contribution in [2.24, 2.45) is 0 Å². The maximum absolute atomic E-state index is 12.8. The lowest BCUT2D eigenvalue weighted by atomic mass is 10.1. The van der Waals surface area contributed by atoms with E-state index in [0.717, 1.165) is 11.3 Å². The van der Waals surface area contributed by atoms with Crippen LogP contribution in [0.2, 0.25) is 0 Å². The van der Waals surface area contributed by atoms with Crippen molar-refractivity contribution >= 4 is 5.78 Å². The number of methoxy groups -OCH3 is 1. The number of likely N-dealkylation sites (N-methyl/N-ethyl adjacent to an activating group) is 1. The van der Waals surface area contributed by atoms with E-state index in [9.17, 15) is 9.18 Å². The molecule has 0 bridgehead atoms. The van der Waals surface area contributed by atoms with E-state index >= 15 is 0 Å². The van der Waals surface area contributed by atoms with Crippen LogP contribution in [-0.4, -0.2) is 31.4 Å². The molecule has 0 aliphatic heterocycles. The van der Waals surface area contributed by atoms with E-state index in [2.05, 4.69) is 0 Å². The molecule has 0 saturated heterocycles. The van der Waals surface area contributed by atoms with Crippen LogP contribution in [0, 0.1) is 5.82 Å². The van der Waals surface area contributed by atoms with Crippen molar-refractivity contribution in [1.29, 1.82) is 0 Å². The lowest BCUT2D eigenvalue weighted by Gasteiger charge is -2.16. The highest BCUT2D eigenvalue weighted by molar-refractivity contribution is 5.97. The number of ketones is 1. The number of halogens is 1. The second-order valence-corrected chi connectivity index (χ2v) is 4.95. The summed E-state index contributed by atoms with van der Waals surface area (Å²) in [5.41, 5.74) is 1.60. The Morgan fingerprint density at radius 3 is 2.57 bits per heavy atom. The Labute approximate surface area is 124 Å². The summed E-state index contributed by atoms with van der Waals surface area (Å²) in [6.45, 7) is 0.924. The highest BCUT2D eigenvalue weighted by Crippen LogP contribution is 2.14. The fraction of sp³-hybridized carbons (Fsp3) is 0.235. The van der Waals surface area contributed by atoms with Crippen LogP contribution in [0.4, 0.5) is 4.39 Å². The first kappa shape index (κ1) is 15.2. The number of Topliss-reactive ketones (excluding diaryl/α,β-unsaturated/α-hetero) is 1. The smallest absolute Gasteiger partial charge is 0.176 e. The number of rotatable bonds is 6. The number of nitrogens with zero attached hydrogens (tertiary/aromatic N) is 1. The van der Waals surface area contributed by atoms with E-state index in [0.29, 0.717) is 12.1 Å². The second-order valence-electron chi connectivity index (χ2n) is 4.95. The first-order valence-electron chi connectivity index (χ1n) is 6.68. The summed E-state index contributed by atoms with van der Waals surface area (Å²) < 4.78 is 18.0. The Balaban J connectivity index is 1.96. The van der Waals surface area contributed by atoms with Crippen LogP contribution in [0.5, 0.6) is 5.75 Å². The fourth-order valence-corrected chi connectivity index (χ4v) is 2.11. The van der Waals surface area contributed by atoms with Crippen LogP contribution in [-0.2, 0) is 6.54 Å². The normalized spacial score (nSPS) is 10.7. The Kier molecular flexibility index (Phi) is 5.06. The molecule has 110 valence electrons. The lowest BCUT2D eigenvalue weighted by Crippen LogP contribution is -2.25. The molecular formula is C17H18FNO2. The average molecular weight is 287 g/mol. The molecule has 0 unspecified atom stereocenters. The summed E-state index contributed by atoms with van der Waals surface area (Å²) in [4.78, 5) is 14.0. The molecule has 2 rings (SSSR count). The van der Waals surface area contributed by atoms with Crippen molar-refractivity contribution in [3.05, 3.63) is 65.5 Å². The second kappa shape index (κ2) is 6.99. The minimum atomic E-state index is -0.337. The third kappa shape index (κ3) is 4.39. The predicted octanol–water partition coefficient (Wildman–Crippen LogP) is 3.15. The molecule has 0 amide bonds. The Morgan fingerprint density at radius 1 is 1.19 bits per heavy atom. The quantitative estimate of drug-likeness (QED) is 0.764. The van der Waals surface area contributed by atoms with E-state index in [1.807, 2.05) is 36.2 Å². The van der Waals surface area contributed by atoms with Crippen molar-refractivity contribution in [2.75, 3.05) is 20.7 Å². The number of hydrogen-bond acceptors (Lipinski definition) is 3. The summed E-state index contributed by atoms with van der Waals surface area (Å²) in [6.07, 6.45) is 0. The van der Waals surface area contributed by atoms with Crippen molar-refractivity contribution in [2.45, 2.75) is 6.54 Å². The van der Waals surface area contributed by atoms with Gasteiger partial charge in [-0.15, -0.1) is 0 Å². The zero-order valence-electron chi connectivity index (χ0n) is 12.2. The summed E-state index contributed by atoms with van der Waals surface area (Å²) >= 11 is 0. The maximum Gasteiger partial charge on any atom is 0.176 e. The van der Waals surface area contributed by atoms with Crippen LogP contribution in [0.3, 0.4) is 0 Å². The van der Waals surface area contributed by atoms with Crippen LogP contribution in [0.1, 0.15) is 15.9 Å². The van der Waals surface area contributed by atoms with Crippen LogP contribution < -0.4 is 4.74 Å². The number of carbonyl (C=O) groups excluding carboxylic acids is 1. The molecule has 0 spiro atoms. The van der Waals surface area contributed by atoms with Gasteiger partial charge in [0.15, 0.2) is 5.78 Å². The molecule has 21 heavy (non-hydrogen) atoms. The van der Waals surface area contributed by atoms with Gasteiger partial charge in [-0.3, -0.25) is 9.69 Å². The molecule has 4 heteroatoms. The summed E-state index contributed by atoms with van der Waals surface area (Å²) in [5.74, 6) is 0.433. The van der Waals surface area contributed by atoms with Gasteiger partial charge in [-0.25, -0.2) is 4.39 Å². The standard InChI is InChI=1S/C17H18FNO2/c1-19(11-13-4-3-5-16(10-13)21-2)12-17(20)14-6-8-15(18)9-7-14/h3-10H,11-12H2,1-2H3. The molecule has 2 aromatic carbocycles. The zero-order valence-corrected chi connectivity index (χ0v) is 12.2. The number of benzene rings is 2. The number of ether oxygens (including phenoxy) is 1. The van der Waals surface area contributed by atoms with Crippen LogP contribution in [0.25, 0.3) is 0 Å². The Bertz CT molecular complexity index is 610. The van der Waals surface area contributed by atoms with Gasteiger partial charge in [0.25, 0.3) is 0 Å². The minimum Gasteiger partial charge on any atom is -0.497 e. The van der Waals surface area contributed by atoms with Crippen molar-refractivity contribution in [3.8, 4) is 5.75 Å². The van der Waals surface area contributed by atoms with Gasteiger partial charge < -0.3 is 4.74 Å². The fourth-order valence-electron chi connectivity index (χ4n) is 2.11. The first-order chi connectivity index (χ1) is 10.1. The van der Waals surface area contributed by atoms with Gasteiger partial charge in [0.05, 0.1) is 13.7 Å². The Morgan fingerprint density at radius 2 is 1.90 bits per heavy atom. The molecule has 0 N–H and O–H groups in total. The number of carbonyl (C=O) groups is 1. The molecule has 0 radical (unpaired) electrons. The van der Waals surface area contributed by atoms with Gasteiger partial charge in [-0.2, -0.15) is 0 Å². The molecule has 0 aliphatic carbocycles. The molecule has 3 nitrogen and oxygen atoms in total. The predicted molar refractivity (Wildman–Crippen MR) is 80.1 cm³/mol. The molecule has 0 aliphatic rings. The van der Waals surface area contributed by atoms with E-state index in [-0.39, 0.29) is 18.1 Å². The largest absolute Gasteiger partial charge is 0.497 e. The molecular weight excluding hydrogens is 269 g/mol. The van der Waals surface area contributed by atoms with E-state index in [1.165, 1.54) is 24.3 Å². The lowest BCUT2D eigenvalue weighted by molar-refractivity contribution is 0.0943. The van der Waals surface area contributed by atoms with E-state index in [1.54, 1.807) is 7.11 Å². The average Bonchev–Trinajstić information content (AvgIpc) is 2.47. The molecule has 0 atom stereocenters. The Hall–Kier alpha value is -2.20. The summed E-state index contributed by atoms with van der Waals surface area (Å²) in [7, 11) is 3.50. The summed E-state index contributed by atoms with van der Waals surface area (Å²) in [6, 6.07) is 13.4. The van der Waals surface area contributed by atoms with Crippen molar-refractivity contribution in [3.63, 3.8) is 0 Å². The maximum atomic E-state index is 12.8. The minimum absolute atomic E-state index is 0.0274. The van der Waals surface area contributed by atoms with Gasteiger partial charge in [0.2, 0.25) is 0 Å². The molecule has 0 aromatic heterocycles. The molecule has 0 heterocycles. The topological polar surface area (TPSA) is 29.5 Å². The summed E-state index contributed by atoms with van der Waals surface area (Å²) in [5, 5.41) is 0. The monoisotopic (exact) mass is 287 g/mol. The van der Waals surface area contributed by atoms with Gasteiger partial charge >= 0.3 is 0 Å². The van der Waals surface area contributed by atoms with Gasteiger partial charge in [0.1, 0.15) is 11.6 Å². The van der Waals surface area contributed by atoms with Crippen LogP contribution in [0.15, 0.2) is 48.5 Å². The van der Waals surface area contributed by atoms with Crippen LogP contribution >= 0.6 is 0 Å². The SMILES string of the molecule is COc1cccc(CN(C)CC(=O)c2ccc(F)cc2)c1. The van der Waals surface area contributed by atoms with Gasteiger partial charge in [-0.1, -0.05) is 12.1 Å². The highest BCUT2D eigenvalue weighted by Gasteiger charge is 2.10. The highest BCUT2D eigenvalue weighted by atomic mass is 19.1. The third-order valence-corrected chi connectivity index (χ3v) is 3.17. The molecule has 2 aromatic rings.